The van der Waals surface area contributed by atoms with Crippen LogP contribution in [0.4, 0.5) is 0 Å². The van der Waals surface area contributed by atoms with Gasteiger partial charge in [0.15, 0.2) is 5.84 Å². The van der Waals surface area contributed by atoms with E-state index in [1.807, 2.05) is 53.7 Å². The zero-order valence-electron chi connectivity index (χ0n) is 20.5. The van der Waals surface area contributed by atoms with Crippen molar-refractivity contribution < 1.29 is 23.5 Å². The topological polar surface area (TPSA) is 156 Å². The minimum Gasteiger partial charge on any atom is -0.479 e. The quantitative estimate of drug-likeness (QED) is 0.180. The number of oxime groups is 1. The molecule has 1 atom stereocenters. The van der Waals surface area contributed by atoms with Gasteiger partial charge in [-0.3, -0.25) is 0 Å². The van der Waals surface area contributed by atoms with Crippen molar-refractivity contribution in [2.45, 2.75) is 75.5 Å². The van der Waals surface area contributed by atoms with Crippen LogP contribution in [-0.4, -0.2) is 35.4 Å². The minimum atomic E-state index is -4.56. The number of aliphatic carboxylic acids is 1. The van der Waals surface area contributed by atoms with Crippen LogP contribution in [0.25, 0.3) is 0 Å². The molecule has 0 fully saturated rings. The van der Waals surface area contributed by atoms with E-state index in [4.69, 9.17) is 16.7 Å². The monoisotopic (exact) mass is 489 g/mol. The van der Waals surface area contributed by atoms with E-state index in [1.165, 1.54) is 6.07 Å². The fourth-order valence-electron chi connectivity index (χ4n) is 3.87. The van der Waals surface area contributed by atoms with Gasteiger partial charge in [-0.2, -0.15) is 0 Å². The Kier molecular flexibility index (Phi) is 8.16. The van der Waals surface area contributed by atoms with E-state index in [1.54, 1.807) is 18.2 Å². The summed E-state index contributed by atoms with van der Waals surface area (Å²) in [5.41, 5.74) is 14.7. The lowest BCUT2D eigenvalue weighted by Crippen LogP contribution is -2.56. The number of hydrogen-bond donors (Lipinski definition) is 4. The number of carboxylic acids is 1. The molecule has 34 heavy (non-hydrogen) atoms. The third-order valence-electron chi connectivity index (χ3n) is 5.99. The number of hydrogen-bond acceptors (Lipinski definition) is 6. The van der Waals surface area contributed by atoms with Gasteiger partial charge in [0, 0.05) is 12.0 Å². The molecular weight excluding hydrogens is 454 g/mol. The molecule has 2 rings (SSSR count). The maximum absolute atomic E-state index is 14.1. The van der Waals surface area contributed by atoms with Gasteiger partial charge >= 0.3 is 5.97 Å². The summed E-state index contributed by atoms with van der Waals surface area (Å²) in [7, 11) is -4.56. The van der Waals surface area contributed by atoms with E-state index in [0.29, 0.717) is 22.3 Å². The van der Waals surface area contributed by atoms with Crippen molar-refractivity contribution in [1.29, 1.82) is 0 Å². The molecule has 0 amide bonds. The maximum atomic E-state index is 14.1. The summed E-state index contributed by atoms with van der Waals surface area (Å²) >= 11 is 0. The van der Waals surface area contributed by atoms with Gasteiger partial charge in [-0.05, 0) is 46.1 Å². The number of benzene rings is 2. The Hall–Kier alpha value is -2.91. The van der Waals surface area contributed by atoms with Crippen LogP contribution in [0, 0.1) is 0 Å². The first kappa shape index (κ1) is 27.3. The van der Waals surface area contributed by atoms with Crippen molar-refractivity contribution in [2.75, 3.05) is 0 Å². The summed E-state index contributed by atoms with van der Waals surface area (Å²) in [6.07, 6.45) is -0.502. The third-order valence-corrected chi connectivity index (χ3v) is 8.27. The summed E-state index contributed by atoms with van der Waals surface area (Å²) in [4.78, 5) is 9.82. The number of rotatable bonds is 9. The number of amidine groups is 1. The summed E-state index contributed by atoms with van der Waals surface area (Å²) < 4.78 is 28.2. The second-order valence-corrected chi connectivity index (χ2v) is 11.7. The molecule has 0 heterocycles. The van der Waals surface area contributed by atoms with Gasteiger partial charge in [-0.15, -0.1) is 0 Å². The average molecular weight is 490 g/mol. The Bertz CT molecular complexity index is 1170. The van der Waals surface area contributed by atoms with Crippen LogP contribution >= 0.6 is 0 Å². The Morgan fingerprint density at radius 3 is 1.94 bits per heavy atom. The van der Waals surface area contributed by atoms with Crippen LogP contribution in [0.5, 0.6) is 0 Å². The predicted molar refractivity (Wildman–Crippen MR) is 133 cm³/mol. The summed E-state index contributed by atoms with van der Waals surface area (Å²) in [5, 5.41) is 22.0. The zero-order chi connectivity index (χ0) is 26.0. The highest BCUT2D eigenvalue weighted by Gasteiger charge is 2.50. The van der Waals surface area contributed by atoms with Gasteiger partial charge in [0.25, 0.3) is 0 Å². The predicted octanol–water partition coefficient (Wildman–Crippen LogP) is 3.91. The average Bonchev–Trinajstić information content (AvgIpc) is 2.77. The van der Waals surface area contributed by atoms with Gasteiger partial charge in [0.1, 0.15) is 0 Å². The molecule has 0 spiro atoms. The number of nitrogens with zero attached hydrogens (tertiary/aromatic N) is 1. The van der Waals surface area contributed by atoms with Crippen molar-refractivity contribution in [3.8, 4) is 0 Å². The molecule has 0 radical (unpaired) electrons. The van der Waals surface area contributed by atoms with Gasteiger partial charge in [0.05, 0.1) is 4.90 Å². The SMILES string of the molecule is CC(C)c1cc(C(C)C)c(S(=O)(=O)C(N)(Cc2cccc(C(N)=NO)c2)C(=O)O)c(C(C)C)c1. The second-order valence-electron chi connectivity index (χ2n) is 9.55. The largest absolute Gasteiger partial charge is 0.479 e. The normalized spacial score (nSPS) is 14.6. The van der Waals surface area contributed by atoms with Crippen LogP contribution in [-0.2, 0) is 21.1 Å². The molecule has 0 aliphatic carbocycles. The van der Waals surface area contributed by atoms with Crippen molar-refractivity contribution in [1.82, 2.24) is 0 Å². The van der Waals surface area contributed by atoms with E-state index in [9.17, 15) is 18.3 Å². The maximum Gasteiger partial charge on any atom is 0.340 e. The lowest BCUT2D eigenvalue weighted by molar-refractivity contribution is -0.140. The molecular formula is C25H35N3O5S. The highest BCUT2D eigenvalue weighted by Crippen LogP contribution is 2.39. The third kappa shape index (κ3) is 5.10. The zero-order valence-corrected chi connectivity index (χ0v) is 21.3. The lowest BCUT2D eigenvalue weighted by Gasteiger charge is -2.30. The molecule has 6 N–H and O–H groups in total. The molecule has 0 aromatic heterocycles. The molecule has 1 unspecified atom stereocenters. The standard InChI is InChI=1S/C25H35N3O5S/c1-14(2)19-11-20(15(3)4)22(21(12-19)16(5)6)34(32,33)25(27,24(29)30)13-17-8-7-9-18(10-17)23(26)28-31/h7-12,14-16,31H,13,27H2,1-6H3,(H2,26,28)(H,29,30). The number of carbonyl (C=O) groups is 1. The van der Waals surface area contributed by atoms with E-state index in [0.717, 1.165) is 5.56 Å². The van der Waals surface area contributed by atoms with E-state index in [2.05, 4.69) is 5.16 Å². The number of sulfone groups is 1. The number of nitrogens with two attached hydrogens (primary N) is 2. The van der Waals surface area contributed by atoms with Gasteiger partial charge < -0.3 is 21.8 Å². The summed E-state index contributed by atoms with van der Waals surface area (Å²) in [6, 6.07) is 9.83. The van der Waals surface area contributed by atoms with Crippen molar-refractivity contribution >= 4 is 21.6 Å². The first-order valence-corrected chi connectivity index (χ1v) is 12.7. The Balaban J connectivity index is 2.82. The molecule has 0 aliphatic rings. The first-order chi connectivity index (χ1) is 15.7. The highest BCUT2D eigenvalue weighted by atomic mass is 32.2. The molecule has 0 saturated carbocycles. The molecule has 9 heteroatoms. The van der Waals surface area contributed by atoms with E-state index >= 15 is 0 Å². The summed E-state index contributed by atoms with van der Waals surface area (Å²) in [6.45, 7) is 11.6. The highest BCUT2D eigenvalue weighted by molar-refractivity contribution is 7.93. The molecule has 0 saturated heterocycles. The van der Waals surface area contributed by atoms with Crippen LogP contribution < -0.4 is 11.5 Å². The van der Waals surface area contributed by atoms with Gasteiger partial charge in [0.2, 0.25) is 14.7 Å². The Labute approximate surface area is 201 Å². The Morgan fingerprint density at radius 1 is 1.00 bits per heavy atom. The minimum absolute atomic E-state index is 0.0145. The summed E-state index contributed by atoms with van der Waals surface area (Å²) in [5.74, 6) is -2.03. The number of carboxylic acid groups (broad SMARTS) is 1. The first-order valence-electron chi connectivity index (χ1n) is 11.2. The molecule has 0 bridgehead atoms. The molecule has 2 aromatic rings. The van der Waals surface area contributed by atoms with Gasteiger partial charge in [-0.25, -0.2) is 13.2 Å². The van der Waals surface area contributed by atoms with Crippen molar-refractivity contribution in [3.63, 3.8) is 0 Å². The van der Waals surface area contributed by atoms with Crippen LogP contribution in [0.1, 0.15) is 87.1 Å². The van der Waals surface area contributed by atoms with Crippen LogP contribution in [0.15, 0.2) is 46.4 Å². The Morgan fingerprint density at radius 2 is 1.53 bits per heavy atom. The smallest absolute Gasteiger partial charge is 0.340 e. The fraction of sp³-hybridized carbons (Fsp3) is 0.440. The van der Waals surface area contributed by atoms with E-state index < -0.39 is 27.1 Å². The van der Waals surface area contributed by atoms with Crippen LogP contribution in [0.2, 0.25) is 0 Å². The van der Waals surface area contributed by atoms with Crippen LogP contribution in [0.3, 0.4) is 0 Å². The fourth-order valence-corrected chi connectivity index (χ4v) is 6.03. The van der Waals surface area contributed by atoms with Gasteiger partial charge in [-0.1, -0.05) is 77.0 Å². The van der Waals surface area contributed by atoms with Crippen molar-refractivity contribution in [2.24, 2.45) is 16.6 Å². The molecule has 2 aromatic carbocycles. The molecule has 186 valence electrons. The molecule has 0 aliphatic heterocycles. The van der Waals surface area contributed by atoms with E-state index in [-0.39, 0.29) is 28.5 Å². The second kappa shape index (κ2) is 10.1. The molecule has 8 nitrogen and oxygen atoms in total. The lowest BCUT2D eigenvalue weighted by atomic mass is 9.89. The van der Waals surface area contributed by atoms with Crippen molar-refractivity contribution in [3.05, 3.63) is 64.2 Å².